The molecule has 4 heterocycles. The predicted octanol–water partition coefficient (Wildman–Crippen LogP) is 2.53. The number of furan rings is 1. The monoisotopic (exact) mass is 394 g/mol. The summed E-state index contributed by atoms with van der Waals surface area (Å²) in [6.07, 6.45) is 7.55. The lowest BCUT2D eigenvalue weighted by atomic mass is 10.0. The van der Waals surface area contributed by atoms with Crippen LogP contribution in [0.4, 0.5) is 0 Å². The van der Waals surface area contributed by atoms with Crippen LogP contribution in [0.5, 0.6) is 0 Å². The second-order valence-electron chi connectivity index (χ2n) is 7.24. The zero-order chi connectivity index (χ0) is 18.9. The van der Waals surface area contributed by atoms with Gasteiger partial charge in [0.2, 0.25) is 11.0 Å². The molecule has 0 bridgehead atoms. The van der Waals surface area contributed by atoms with Gasteiger partial charge in [-0.05, 0) is 38.8 Å². The molecule has 0 saturated carbocycles. The molecule has 2 aliphatic heterocycles. The van der Waals surface area contributed by atoms with Crippen LogP contribution in [0.3, 0.4) is 0 Å². The van der Waals surface area contributed by atoms with Crippen molar-refractivity contribution >= 4 is 10.0 Å². The van der Waals surface area contributed by atoms with Crippen molar-refractivity contribution in [3.8, 4) is 11.5 Å². The Hall–Kier alpha value is -1.71. The van der Waals surface area contributed by atoms with Crippen molar-refractivity contribution in [3.05, 3.63) is 18.2 Å². The second-order valence-corrected chi connectivity index (χ2v) is 9.11. The number of nitrogens with zero attached hydrogens (tertiary/aromatic N) is 4. The number of likely N-dealkylation sites (tertiary alicyclic amines) is 1. The van der Waals surface area contributed by atoms with E-state index in [4.69, 9.17) is 8.83 Å². The molecule has 2 saturated heterocycles. The van der Waals surface area contributed by atoms with E-state index in [1.54, 1.807) is 0 Å². The van der Waals surface area contributed by atoms with E-state index in [2.05, 4.69) is 15.1 Å². The zero-order valence-corrected chi connectivity index (χ0v) is 16.4. The molecule has 8 nitrogen and oxygen atoms in total. The molecular formula is C18H26N4O4S. The van der Waals surface area contributed by atoms with Crippen LogP contribution >= 0.6 is 0 Å². The van der Waals surface area contributed by atoms with Crippen molar-refractivity contribution in [3.63, 3.8) is 0 Å². The molecule has 0 radical (unpaired) electrons. The summed E-state index contributed by atoms with van der Waals surface area (Å²) in [4.78, 5) is 2.53. The molecule has 0 N–H and O–H groups in total. The highest BCUT2D eigenvalue weighted by atomic mass is 32.2. The minimum Gasteiger partial charge on any atom is -0.451 e. The SMILES string of the molecule is CCc1nnc(-c2coc(S(=O)(=O)N3CCC(N4CCCCC4)CC3)c2)o1. The highest BCUT2D eigenvalue weighted by Crippen LogP contribution is 2.28. The van der Waals surface area contributed by atoms with E-state index < -0.39 is 10.0 Å². The summed E-state index contributed by atoms with van der Waals surface area (Å²) in [6.45, 7) is 5.25. The van der Waals surface area contributed by atoms with Gasteiger partial charge in [-0.25, -0.2) is 8.42 Å². The molecule has 27 heavy (non-hydrogen) atoms. The van der Waals surface area contributed by atoms with Crippen molar-refractivity contribution in [2.24, 2.45) is 0 Å². The smallest absolute Gasteiger partial charge is 0.276 e. The maximum atomic E-state index is 12.9. The Labute approximate surface area is 159 Å². The van der Waals surface area contributed by atoms with Crippen molar-refractivity contribution in [1.82, 2.24) is 19.4 Å². The minimum absolute atomic E-state index is 0.0647. The number of rotatable bonds is 5. The van der Waals surface area contributed by atoms with Crippen molar-refractivity contribution in [2.75, 3.05) is 26.2 Å². The molecule has 0 atom stereocenters. The van der Waals surface area contributed by atoms with Gasteiger partial charge in [0.15, 0.2) is 0 Å². The topological polar surface area (TPSA) is 92.7 Å². The number of piperidine rings is 2. The highest BCUT2D eigenvalue weighted by Gasteiger charge is 2.34. The summed E-state index contributed by atoms with van der Waals surface area (Å²) in [5, 5.41) is 7.77. The van der Waals surface area contributed by atoms with E-state index in [0.717, 1.165) is 25.9 Å². The molecule has 0 spiro atoms. The van der Waals surface area contributed by atoms with E-state index in [0.29, 0.717) is 37.0 Å². The Balaban J connectivity index is 1.43. The molecular weight excluding hydrogens is 368 g/mol. The van der Waals surface area contributed by atoms with Gasteiger partial charge in [-0.15, -0.1) is 10.2 Å². The van der Waals surface area contributed by atoms with E-state index in [1.165, 1.54) is 35.9 Å². The van der Waals surface area contributed by atoms with Gasteiger partial charge in [-0.2, -0.15) is 4.31 Å². The number of aromatic nitrogens is 2. The van der Waals surface area contributed by atoms with Crippen LogP contribution in [-0.4, -0.2) is 60.0 Å². The van der Waals surface area contributed by atoms with Gasteiger partial charge in [0, 0.05) is 31.6 Å². The van der Waals surface area contributed by atoms with Crippen LogP contribution in [0.2, 0.25) is 0 Å². The van der Waals surface area contributed by atoms with E-state index in [9.17, 15) is 8.42 Å². The lowest BCUT2D eigenvalue weighted by Gasteiger charge is -2.39. The molecule has 0 unspecified atom stereocenters. The third-order valence-corrected chi connectivity index (χ3v) is 7.28. The summed E-state index contributed by atoms with van der Waals surface area (Å²) >= 11 is 0. The van der Waals surface area contributed by atoms with Gasteiger partial charge in [-0.3, -0.25) is 0 Å². The standard InChI is InChI=1S/C18H26N4O4S/c1-2-16-19-20-18(26-16)14-12-17(25-13-14)27(23,24)22-10-6-15(7-11-22)21-8-4-3-5-9-21/h12-13,15H,2-11H2,1H3. The van der Waals surface area contributed by atoms with Crippen LogP contribution in [0.1, 0.15) is 44.9 Å². The molecule has 2 aliphatic rings. The normalized spacial score (nSPS) is 20.9. The number of sulfonamides is 1. The molecule has 9 heteroatoms. The lowest BCUT2D eigenvalue weighted by Crippen LogP contribution is -2.48. The average Bonchev–Trinajstić information content (AvgIpc) is 3.38. The molecule has 2 aromatic heterocycles. The molecule has 2 fully saturated rings. The fourth-order valence-corrected chi connectivity index (χ4v) is 5.33. The Morgan fingerprint density at radius 3 is 2.52 bits per heavy atom. The summed E-state index contributed by atoms with van der Waals surface area (Å²) in [5.41, 5.74) is 0.490. The minimum atomic E-state index is -3.64. The highest BCUT2D eigenvalue weighted by molar-refractivity contribution is 7.89. The van der Waals surface area contributed by atoms with Crippen LogP contribution < -0.4 is 0 Å². The summed E-state index contributed by atoms with van der Waals surface area (Å²) in [5.74, 6) is 0.788. The maximum absolute atomic E-state index is 12.9. The summed E-state index contributed by atoms with van der Waals surface area (Å²) in [6, 6.07) is 1.97. The third kappa shape index (κ3) is 3.81. The Kier molecular flexibility index (Phi) is 5.34. The van der Waals surface area contributed by atoms with Gasteiger partial charge >= 0.3 is 0 Å². The lowest BCUT2D eigenvalue weighted by molar-refractivity contribution is 0.117. The Morgan fingerprint density at radius 2 is 1.85 bits per heavy atom. The van der Waals surface area contributed by atoms with Crippen molar-refractivity contribution in [2.45, 2.75) is 56.6 Å². The van der Waals surface area contributed by atoms with Gasteiger partial charge in [0.1, 0.15) is 6.26 Å². The van der Waals surface area contributed by atoms with Gasteiger partial charge in [-0.1, -0.05) is 13.3 Å². The maximum Gasteiger partial charge on any atom is 0.276 e. The second kappa shape index (κ2) is 7.73. The fourth-order valence-electron chi connectivity index (χ4n) is 3.94. The Morgan fingerprint density at radius 1 is 1.11 bits per heavy atom. The van der Waals surface area contributed by atoms with Gasteiger partial charge < -0.3 is 13.7 Å². The van der Waals surface area contributed by atoms with Crippen molar-refractivity contribution in [1.29, 1.82) is 0 Å². The van der Waals surface area contributed by atoms with E-state index >= 15 is 0 Å². The molecule has 0 amide bonds. The van der Waals surface area contributed by atoms with Crippen LogP contribution in [-0.2, 0) is 16.4 Å². The molecule has 4 rings (SSSR count). The summed E-state index contributed by atoms with van der Waals surface area (Å²) in [7, 11) is -3.64. The third-order valence-electron chi connectivity index (χ3n) is 5.52. The van der Waals surface area contributed by atoms with Crippen molar-refractivity contribution < 1.29 is 17.3 Å². The Bertz CT molecular complexity index is 862. The zero-order valence-electron chi connectivity index (χ0n) is 15.6. The number of aryl methyl sites for hydroxylation is 1. The molecule has 0 aromatic carbocycles. The largest absolute Gasteiger partial charge is 0.451 e. The number of hydrogen-bond donors (Lipinski definition) is 0. The van der Waals surface area contributed by atoms with Crippen LogP contribution in [0.25, 0.3) is 11.5 Å². The first-order valence-electron chi connectivity index (χ1n) is 9.73. The first-order valence-corrected chi connectivity index (χ1v) is 11.2. The molecule has 148 valence electrons. The van der Waals surface area contributed by atoms with E-state index in [1.807, 2.05) is 6.92 Å². The van der Waals surface area contributed by atoms with Crippen LogP contribution in [0.15, 0.2) is 26.3 Å². The predicted molar refractivity (Wildman–Crippen MR) is 98.6 cm³/mol. The first-order chi connectivity index (χ1) is 13.1. The summed E-state index contributed by atoms with van der Waals surface area (Å²) < 4.78 is 38.2. The quantitative estimate of drug-likeness (QED) is 0.769. The molecule has 0 aliphatic carbocycles. The number of hydrogen-bond acceptors (Lipinski definition) is 7. The first kappa shape index (κ1) is 18.6. The fraction of sp³-hybridized carbons (Fsp3) is 0.667. The van der Waals surface area contributed by atoms with Gasteiger partial charge in [0.25, 0.3) is 15.9 Å². The van der Waals surface area contributed by atoms with Gasteiger partial charge in [0.05, 0.1) is 5.56 Å². The average molecular weight is 394 g/mol. The van der Waals surface area contributed by atoms with Crippen LogP contribution in [0, 0.1) is 0 Å². The molecule has 2 aromatic rings. The van der Waals surface area contributed by atoms with E-state index in [-0.39, 0.29) is 11.0 Å².